The van der Waals surface area contributed by atoms with Gasteiger partial charge in [0, 0.05) is 29.9 Å². The molecule has 0 aliphatic rings. The van der Waals surface area contributed by atoms with Crippen molar-refractivity contribution < 1.29 is 13.2 Å². The van der Waals surface area contributed by atoms with Crippen molar-refractivity contribution >= 4 is 33.2 Å². The van der Waals surface area contributed by atoms with Crippen LogP contribution in [0.15, 0.2) is 77.7 Å². The second-order valence-electron chi connectivity index (χ2n) is 6.92. The monoisotopic (exact) mass is 442 g/mol. The summed E-state index contributed by atoms with van der Waals surface area (Å²) in [7, 11) is -2.11. The number of rotatable bonds is 7. The first-order valence-corrected chi connectivity index (χ1v) is 11.3. The molecule has 0 unspecified atom stereocenters. The number of sulfonamides is 1. The van der Waals surface area contributed by atoms with Gasteiger partial charge in [-0.1, -0.05) is 42.8 Å². The molecule has 7 heteroatoms. The minimum Gasteiger partial charge on any atom is -0.322 e. The normalized spacial score (nSPS) is 11.5. The Morgan fingerprint density at radius 2 is 1.47 bits per heavy atom. The zero-order chi connectivity index (χ0) is 21.7. The minimum atomic E-state index is -3.63. The van der Waals surface area contributed by atoms with Crippen LogP contribution in [0.25, 0.3) is 0 Å². The molecule has 1 amide bonds. The number of nitrogens with one attached hydrogen (secondary N) is 1. The summed E-state index contributed by atoms with van der Waals surface area (Å²) in [5, 5.41) is 3.34. The van der Waals surface area contributed by atoms with Crippen LogP contribution in [0.3, 0.4) is 0 Å². The van der Waals surface area contributed by atoms with E-state index in [0.717, 1.165) is 17.7 Å². The maximum Gasteiger partial charge on any atom is 0.255 e. The van der Waals surface area contributed by atoms with E-state index in [9.17, 15) is 13.2 Å². The number of benzene rings is 3. The Balaban J connectivity index is 1.65. The van der Waals surface area contributed by atoms with Crippen LogP contribution in [0.2, 0.25) is 5.02 Å². The average Bonchev–Trinajstić information content (AvgIpc) is 2.75. The molecule has 156 valence electrons. The number of amides is 1. The summed E-state index contributed by atoms with van der Waals surface area (Å²) in [5.74, 6) is -0.215. The quantitative estimate of drug-likeness (QED) is 0.561. The number of halogens is 1. The number of hydrogen-bond acceptors (Lipinski definition) is 3. The van der Waals surface area contributed by atoms with E-state index in [1.54, 1.807) is 36.4 Å². The Hall–Kier alpha value is -2.67. The van der Waals surface area contributed by atoms with Gasteiger partial charge in [-0.2, -0.15) is 4.31 Å². The Kier molecular flexibility index (Phi) is 6.92. The lowest BCUT2D eigenvalue weighted by Crippen LogP contribution is -2.26. The second-order valence-corrected chi connectivity index (χ2v) is 9.40. The van der Waals surface area contributed by atoms with E-state index in [2.05, 4.69) is 12.2 Å². The second kappa shape index (κ2) is 9.43. The molecule has 0 bridgehead atoms. The SMILES string of the molecule is CCc1ccc(NC(=O)c2ccc(CN(C)S(=O)(=O)c3ccc(Cl)cc3)cc2)cc1. The predicted molar refractivity (Wildman–Crippen MR) is 120 cm³/mol. The lowest BCUT2D eigenvalue weighted by Gasteiger charge is -2.17. The molecule has 0 aromatic heterocycles. The number of hydrogen-bond donors (Lipinski definition) is 1. The highest BCUT2D eigenvalue weighted by molar-refractivity contribution is 7.89. The summed E-state index contributed by atoms with van der Waals surface area (Å²) in [6.07, 6.45) is 0.942. The zero-order valence-corrected chi connectivity index (χ0v) is 18.4. The first kappa shape index (κ1) is 22.0. The molecule has 3 aromatic rings. The molecule has 5 nitrogen and oxygen atoms in total. The molecule has 3 rings (SSSR count). The summed E-state index contributed by atoms with van der Waals surface area (Å²) < 4.78 is 26.6. The van der Waals surface area contributed by atoms with Crippen molar-refractivity contribution in [2.75, 3.05) is 12.4 Å². The fourth-order valence-electron chi connectivity index (χ4n) is 2.92. The first-order valence-electron chi connectivity index (χ1n) is 9.50. The van der Waals surface area contributed by atoms with Crippen LogP contribution in [-0.2, 0) is 23.0 Å². The largest absolute Gasteiger partial charge is 0.322 e. The number of nitrogens with zero attached hydrogens (tertiary/aromatic N) is 1. The highest BCUT2D eigenvalue weighted by atomic mass is 35.5. The van der Waals surface area contributed by atoms with Crippen LogP contribution in [0.4, 0.5) is 5.69 Å². The van der Waals surface area contributed by atoms with E-state index < -0.39 is 10.0 Å². The van der Waals surface area contributed by atoms with Crippen LogP contribution in [0.5, 0.6) is 0 Å². The highest BCUT2D eigenvalue weighted by Gasteiger charge is 2.20. The maximum atomic E-state index is 12.7. The summed E-state index contributed by atoms with van der Waals surface area (Å²) in [4.78, 5) is 12.6. The fourth-order valence-corrected chi connectivity index (χ4v) is 4.20. The molecule has 0 atom stereocenters. The molecule has 0 saturated heterocycles. The Labute approximate surface area is 182 Å². The highest BCUT2D eigenvalue weighted by Crippen LogP contribution is 2.19. The van der Waals surface area contributed by atoms with Crippen LogP contribution in [0, 0.1) is 0 Å². The maximum absolute atomic E-state index is 12.7. The molecule has 0 aliphatic heterocycles. The van der Waals surface area contributed by atoms with Gasteiger partial charge < -0.3 is 5.32 Å². The van der Waals surface area contributed by atoms with Crippen molar-refractivity contribution in [3.8, 4) is 0 Å². The third-order valence-corrected chi connectivity index (χ3v) is 6.83. The molecule has 3 aromatic carbocycles. The number of carbonyl (C=O) groups is 1. The van der Waals surface area contributed by atoms with Gasteiger partial charge in [0.2, 0.25) is 10.0 Å². The standard InChI is InChI=1S/C23H23ClN2O3S/c1-3-17-6-12-21(13-7-17)25-23(27)19-8-4-18(5-9-19)16-26(2)30(28,29)22-14-10-20(24)11-15-22/h4-15H,3,16H2,1-2H3,(H,25,27). The summed E-state index contributed by atoms with van der Waals surface area (Å²) in [6, 6.07) is 20.7. The smallest absolute Gasteiger partial charge is 0.255 e. The van der Waals surface area contributed by atoms with Crippen molar-refractivity contribution in [1.82, 2.24) is 4.31 Å². The van der Waals surface area contributed by atoms with Gasteiger partial charge in [-0.3, -0.25) is 4.79 Å². The van der Waals surface area contributed by atoms with Gasteiger partial charge in [-0.05, 0) is 66.1 Å². The topological polar surface area (TPSA) is 66.5 Å². The molecule has 30 heavy (non-hydrogen) atoms. The molecule has 1 N–H and O–H groups in total. The van der Waals surface area contributed by atoms with Gasteiger partial charge in [-0.15, -0.1) is 0 Å². The molecule has 0 spiro atoms. The molecular weight excluding hydrogens is 420 g/mol. The van der Waals surface area contributed by atoms with E-state index in [0.29, 0.717) is 10.6 Å². The molecule has 0 aliphatic carbocycles. The van der Waals surface area contributed by atoms with Crippen molar-refractivity contribution in [2.45, 2.75) is 24.8 Å². The van der Waals surface area contributed by atoms with Crippen molar-refractivity contribution in [1.29, 1.82) is 0 Å². The fraction of sp³-hybridized carbons (Fsp3) is 0.174. The Morgan fingerprint density at radius 3 is 2.03 bits per heavy atom. The number of anilines is 1. The van der Waals surface area contributed by atoms with Crippen molar-refractivity contribution in [2.24, 2.45) is 0 Å². The molecule has 0 fully saturated rings. The lowest BCUT2D eigenvalue weighted by atomic mass is 10.1. The van der Waals surface area contributed by atoms with Gasteiger partial charge in [0.15, 0.2) is 0 Å². The van der Waals surface area contributed by atoms with Gasteiger partial charge in [0.05, 0.1) is 4.90 Å². The minimum absolute atomic E-state index is 0.180. The van der Waals surface area contributed by atoms with E-state index in [1.807, 2.05) is 24.3 Å². The lowest BCUT2D eigenvalue weighted by molar-refractivity contribution is 0.102. The molecular formula is C23H23ClN2O3S. The Bertz CT molecular complexity index is 1110. The van der Waals surface area contributed by atoms with Crippen LogP contribution >= 0.6 is 11.6 Å². The van der Waals surface area contributed by atoms with E-state index in [1.165, 1.54) is 29.0 Å². The molecule has 0 heterocycles. The van der Waals surface area contributed by atoms with Crippen molar-refractivity contribution in [3.63, 3.8) is 0 Å². The van der Waals surface area contributed by atoms with Crippen LogP contribution in [0.1, 0.15) is 28.4 Å². The summed E-state index contributed by atoms with van der Waals surface area (Å²) >= 11 is 5.83. The van der Waals surface area contributed by atoms with Gasteiger partial charge in [0.25, 0.3) is 5.91 Å². The zero-order valence-electron chi connectivity index (χ0n) is 16.8. The first-order chi connectivity index (χ1) is 14.3. The average molecular weight is 443 g/mol. The van der Waals surface area contributed by atoms with E-state index >= 15 is 0 Å². The third kappa shape index (κ3) is 5.27. The van der Waals surface area contributed by atoms with Gasteiger partial charge >= 0.3 is 0 Å². The Morgan fingerprint density at radius 1 is 0.900 bits per heavy atom. The number of aryl methyl sites for hydroxylation is 1. The van der Waals surface area contributed by atoms with E-state index in [-0.39, 0.29) is 17.3 Å². The summed E-state index contributed by atoms with van der Waals surface area (Å²) in [5.41, 5.74) is 3.21. The summed E-state index contributed by atoms with van der Waals surface area (Å²) in [6.45, 7) is 2.26. The van der Waals surface area contributed by atoms with Gasteiger partial charge in [-0.25, -0.2) is 8.42 Å². The number of carbonyl (C=O) groups excluding carboxylic acids is 1. The molecule has 0 saturated carbocycles. The van der Waals surface area contributed by atoms with Crippen LogP contribution in [-0.4, -0.2) is 25.7 Å². The van der Waals surface area contributed by atoms with Crippen LogP contribution < -0.4 is 5.32 Å². The van der Waals surface area contributed by atoms with E-state index in [4.69, 9.17) is 11.6 Å². The van der Waals surface area contributed by atoms with Gasteiger partial charge in [0.1, 0.15) is 0 Å². The third-order valence-electron chi connectivity index (χ3n) is 4.76. The van der Waals surface area contributed by atoms with Crippen molar-refractivity contribution in [3.05, 3.63) is 94.5 Å². The predicted octanol–water partition coefficient (Wildman–Crippen LogP) is 4.98. The molecule has 0 radical (unpaired) electrons.